The summed E-state index contributed by atoms with van der Waals surface area (Å²) in [6, 6.07) is 8.70. The number of hydrogen-bond donors (Lipinski definition) is 2. The van der Waals surface area contributed by atoms with Gasteiger partial charge in [0.05, 0.1) is 12.1 Å². The van der Waals surface area contributed by atoms with Gasteiger partial charge in [0.15, 0.2) is 0 Å². The highest BCUT2D eigenvalue weighted by Crippen LogP contribution is 2.03. The Kier molecular flexibility index (Phi) is 5.06. The van der Waals surface area contributed by atoms with Crippen LogP contribution in [0.2, 0.25) is 0 Å². The molecule has 0 aliphatic carbocycles. The van der Waals surface area contributed by atoms with Gasteiger partial charge in [-0.05, 0) is 26.0 Å². The maximum absolute atomic E-state index is 11.8. The molecule has 1 rings (SSSR count). The van der Waals surface area contributed by atoms with Crippen LogP contribution in [-0.4, -0.2) is 47.6 Å². The van der Waals surface area contributed by atoms with Crippen LogP contribution < -0.4 is 5.32 Å². The fourth-order valence-electron chi connectivity index (χ4n) is 1.65. The molecule has 0 fully saturated rings. The molecule has 0 saturated heterocycles. The van der Waals surface area contributed by atoms with Gasteiger partial charge < -0.3 is 15.3 Å². The van der Waals surface area contributed by atoms with E-state index in [2.05, 4.69) is 5.32 Å². The number of hydrogen-bond acceptors (Lipinski definition) is 3. The van der Waals surface area contributed by atoms with E-state index in [1.54, 1.807) is 45.2 Å². The van der Waals surface area contributed by atoms with Crippen LogP contribution in [0.3, 0.4) is 0 Å². The van der Waals surface area contributed by atoms with E-state index in [9.17, 15) is 14.7 Å². The highest BCUT2D eigenvalue weighted by molar-refractivity contribution is 5.96. The molecular formula is C14H20N2O3. The van der Waals surface area contributed by atoms with Gasteiger partial charge in [-0.3, -0.25) is 9.59 Å². The Morgan fingerprint density at radius 3 is 2.37 bits per heavy atom. The molecule has 0 bridgehead atoms. The quantitative estimate of drug-likeness (QED) is 0.820. The number of nitrogens with zero attached hydrogens (tertiary/aromatic N) is 1. The largest absolute Gasteiger partial charge is 0.389 e. The first-order chi connectivity index (χ1) is 8.79. The van der Waals surface area contributed by atoms with Gasteiger partial charge in [0, 0.05) is 19.2 Å². The van der Waals surface area contributed by atoms with Crippen LogP contribution in [0.4, 0.5) is 0 Å². The standard InChI is InChI=1S/C14H20N2O3/c1-14(2,19)10-16(3)12(17)9-15-13(18)11-7-5-4-6-8-11/h4-8,19H,9-10H2,1-3H3,(H,15,18). The van der Waals surface area contributed by atoms with Gasteiger partial charge in [-0.2, -0.15) is 0 Å². The number of likely N-dealkylation sites (N-methyl/N-ethyl adjacent to an activating group) is 1. The number of carbonyl (C=O) groups excluding carboxylic acids is 2. The molecule has 0 radical (unpaired) electrons. The Morgan fingerprint density at radius 2 is 1.84 bits per heavy atom. The third-order valence-electron chi connectivity index (χ3n) is 2.49. The zero-order chi connectivity index (χ0) is 14.5. The second kappa shape index (κ2) is 6.33. The normalized spacial score (nSPS) is 10.9. The second-order valence-corrected chi connectivity index (χ2v) is 5.11. The molecule has 0 unspecified atom stereocenters. The van der Waals surface area contributed by atoms with Crippen molar-refractivity contribution in [3.63, 3.8) is 0 Å². The molecule has 1 aromatic carbocycles. The summed E-state index contributed by atoms with van der Waals surface area (Å²) in [4.78, 5) is 24.9. The minimum atomic E-state index is -0.951. The Balaban J connectivity index is 2.44. The predicted molar refractivity (Wildman–Crippen MR) is 72.7 cm³/mol. The minimum Gasteiger partial charge on any atom is -0.389 e. The SMILES string of the molecule is CN(CC(C)(C)O)C(=O)CNC(=O)c1ccccc1. The van der Waals surface area contributed by atoms with Crippen LogP contribution in [0.25, 0.3) is 0 Å². The van der Waals surface area contributed by atoms with E-state index in [0.717, 1.165) is 0 Å². The number of aliphatic hydroxyl groups is 1. The fraction of sp³-hybridized carbons (Fsp3) is 0.429. The Morgan fingerprint density at radius 1 is 1.26 bits per heavy atom. The molecule has 104 valence electrons. The monoisotopic (exact) mass is 264 g/mol. The maximum atomic E-state index is 11.8. The van der Waals surface area contributed by atoms with E-state index in [1.165, 1.54) is 4.90 Å². The molecule has 0 saturated carbocycles. The molecule has 19 heavy (non-hydrogen) atoms. The maximum Gasteiger partial charge on any atom is 0.251 e. The van der Waals surface area contributed by atoms with Crippen LogP contribution in [0.15, 0.2) is 30.3 Å². The Bertz CT molecular complexity index is 438. The van der Waals surface area contributed by atoms with Gasteiger partial charge in [0.2, 0.25) is 5.91 Å². The zero-order valence-electron chi connectivity index (χ0n) is 11.5. The van der Waals surface area contributed by atoms with Crippen LogP contribution in [0.5, 0.6) is 0 Å². The number of carbonyl (C=O) groups is 2. The molecule has 0 aliphatic heterocycles. The van der Waals surface area contributed by atoms with Crippen molar-refractivity contribution in [3.05, 3.63) is 35.9 Å². The molecule has 0 aromatic heterocycles. The van der Waals surface area contributed by atoms with E-state index in [4.69, 9.17) is 0 Å². The smallest absolute Gasteiger partial charge is 0.251 e. The first-order valence-electron chi connectivity index (χ1n) is 6.09. The van der Waals surface area contributed by atoms with Gasteiger partial charge in [-0.15, -0.1) is 0 Å². The summed E-state index contributed by atoms with van der Waals surface area (Å²) in [7, 11) is 1.59. The molecule has 0 atom stereocenters. The average Bonchev–Trinajstić information content (AvgIpc) is 2.34. The summed E-state index contributed by atoms with van der Waals surface area (Å²) >= 11 is 0. The minimum absolute atomic E-state index is 0.0830. The van der Waals surface area contributed by atoms with Crippen LogP contribution in [-0.2, 0) is 4.79 Å². The summed E-state index contributed by atoms with van der Waals surface area (Å²) < 4.78 is 0. The number of nitrogens with one attached hydrogen (secondary N) is 1. The molecule has 0 heterocycles. The lowest BCUT2D eigenvalue weighted by Crippen LogP contribution is -2.44. The van der Waals surface area contributed by atoms with Crippen LogP contribution in [0.1, 0.15) is 24.2 Å². The summed E-state index contributed by atoms with van der Waals surface area (Å²) in [5.41, 5.74) is -0.436. The third kappa shape index (κ3) is 5.52. The first-order valence-corrected chi connectivity index (χ1v) is 6.09. The van der Waals surface area contributed by atoms with Gasteiger partial charge in [0.25, 0.3) is 5.91 Å². The van der Waals surface area contributed by atoms with E-state index in [1.807, 2.05) is 6.07 Å². The van der Waals surface area contributed by atoms with Gasteiger partial charge >= 0.3 is 0 Å². The van der Waals surface area contributed by atoms with Crippen molar-refractivity contribution in [3.8, 4) is 0 Å². The van der Waals surface area contributed by atoms with E-state index < -0.39 is 5.60 Å². The van der Waals surface area contributed by atoms with Gasteiger partial charge in [-0.25, -0.2) is 0 Å². The van der Waals surface area contributed by atoms with Crippen molar-refractivity contribution >= 4 is 11.8 Å². The van der Waals surface area contributed by atoms with E-state index in [-0.39, 0.29) is 24.9 Å². The predicted octanol–water partition coefficient (Wildman–Crippen LogP) is 0.646. The lowest BCUT2D eigenvalue weighted by molar-refractivity contribution is -0.131. The highest BCUT2D eigenvalue weighted by atomic mass is 16.3. The molecule has 5 heteroatoms. The van der Waals surface area contributed by atoms with E-state index >= 15 is 0 Å². The molecule has 5 nitrogen and oxygen atoms in total. The summed E-state index contributed by atoms with van der Waals surface area (Å²) in [5, 5.41) is 12.2. The van der Waals surface area contributed by atoms with Crippen molar-refractivity contribution in [1.82, 2.24) is 10.2 Å². The molecule has 2 N–H and O–H groups in total. The average molecular weight is 264 g/mol. The number of rotatable bonds is 5. The van der Waals surface area contributed by atoms with E-state index in [0.29, 0.717) is 5.56 Å². The van der Waals surface area contributed by atoms with Crippen molar-refractivity contribution in [2.24, 2.45) is 0 Å². The van der Waals surface area contributed by atoms with Gasteiger partial charge in [-0.1, -0.05) is 18.2 Å². The third-order valence-corrected chi connectivity index (χ3v) is 2.49. The lowest BCUT2D eigenvalue weighted by atomic mass is 10.1. The van der Waals surface area contributed by atoms with Crippen LogP contribution in [0, 0.1) is 0 Å². The topological polar surface area (TPSA) is 69.6 Å². The molecule has 0 spiro atoms. The summed E-state index contributed by atoms with van der Waals surface area (Å²) in [6.45, 7) is 3.38. The lowest BCUT2D eigenvalue weighted by Gasteiger charge is -2.25. The molecular weight excluding hydrogens is 244 g/mol. The molecule has 1 aromatic rings. The van der Waals surface area contributed by atoms with Crippen molar-refractivity contribution in [2.45, 2.75) is 19.4 Å². The fourth-order valence-corrected chi connectivity index (χ4v) is 1.65. The zero-order valence-corrected chi connectivity index (χ0v) is 11.5. The van der Waals surface area contributed by atoms with Gasteiger partial charge in [0.1, 0.15) is 0 Å². The second-order valence-electron chi connectivity index (χ2n) is 5.11. The van der Waals surface area contributed by atoms with Crippen molar-refractivity contribution in [2.75, 3.05) is 20.1 Å². The molecule has 2 amide bonds. The number of benzene rings is 1. The Labute approximate surface area is 113 Å². The molecule has 0 aliphatic rings. The first kappa shape index (κ1) is 15.2. The van der Waals surface area contributed by atoms with Crippen LogP contribution >= 0.6 is 0 Å². The van der Waals surface area contributed by atoms with Crippen molar-refractivity contribution in [1.29, 1.82) is 0 Å². The highest BCUT2D eigenvalue weighted by Gasteiger charge is 2.19. The number of amides is 2. The van der Waals surface area contributed by atoms with Crippen molar-refractivity contribution < 1.29 is 14.7 Å². The summed E-state index contributed by atoms with van der Waals surface area (Å²) in [5.74, 6) is -0.531. The summed E-state index contributed by atoms with van der Waals surface area (Å²) in [6.07, 6.45) is 0. The Hall–Kier alpha value is -1.88.